The Morgan fingerprint density at radius 2 is 1.96 bits per heavy atom. The molecule has 146 valence electrons. The van der Waals surface area contributed by atoms with E-state index < -0.39 is 0 Å². The number of halogens is 1. The lowest BCUT2D eigenvalue weighted by molar-refractivity contribution is 0.0384. The molecule has 3 rings (SSSR count). The topological polar surface area (TPSA) is 44.8 Å². The average molecular weight is 408 g/mol. The monoisotopic (exact) mass is 407 g/mol. The van der Waals surface area contributed by atoms with Gasteiger partial charge in [0.15, 0.2) is 0 Å². The molecule has 0 aliphatic carbocycles. The van der Waals surface area contributed by atoms with E-state index >= 15 is 0 Å². The van der Waals surface area contributed by atoms with E-state index in [9.17, 15) is 4.79 Å². The number of rotatable bonds is 7. The molecule has 1 aliphatic rings. The Balaban J connectivity index is 1.49. The first-order valence-corrected chi connectivity index (χ1v) is 10.5. The van der Waals surface area contributed by atoms with E-state index in [1.54, 1.807) is 4.90 Å². The van der Waals surface area contributed by atoms with Crippen molar-refractivity contribution in [3.05, 3.63) is 51.2 Å². The van der Waals surface area contributed by atoms with Crippen molar-refractivity contribution in [1.82, 2.24) is 9.80 Å². The number of thiophene rings is 1. The predicted molar refractivity (Wildman–Crippen MR) is 112 cm³/mol. The van der Waals surface area contributed by atoms with Gasteiger partial charge in [-0.15, -0.1) is 11.3 Å². The number of hydrogen-bond donors (Lipinski definition) is 1. The van der Waals surface area contributed by atoms with Crippen molar-refractivity contribution < 1.29 is 9.53 Å². The summed E-state index contributed by atoms with van der Waals surface area (Å²) >= 11 is 7.48. The maximum Gasteiger partial charge on any atom is 0.322 e. The Bertz CT molecular complexity index is 729. The van der Waals surface area contributed by atoms with Gasteiger partial charge in [0.1, 0.15) is 0 Å². The number of nitrogens with one attached hydrogen (secondary N) is 1. The van der Waals surface area contributed by atoms with Crippen LogP contribution in [0.2, 0.25) is 4.34 Å². The third-order valence-corrected chi connectivity index (χ3v) is 5.89. The number of carbonyl (C=O) groups excluding carboxylic acids is 1. The van der Waals surface area contributed by atoms with Crippen LogP contribution in [0.15, 0.2) is 36.4 Å². The highest BCUT2D eigenvalue weighted by Gasteiger charge is 2.14. The fourth-order valence-electron chi connectivity index (χ4n) is 3.02. The Morgan fingerprint density at radius 1 is 1.22 bits per heavy atom. The van der Waals surface area contributed by atoms with Crippen LogP contribution in [0.3, 0.4) is 0 Å². The number of nitrogens with zero attached hydrogens (tertiary/aromatic N) is 2. The van der Waals surface area contributed by atoms with Crippen LogP contribution >= 0.6 is 22.9 Å². The second-order valence-electron chi connectivity index (χ2n) is 6.55. The van der Waals surface area contributed by atoms with E-state index in [0.717, 1.165) is 54.2 Å². The van der Waals surface area contributed by atoms with Gasteiger partial charge in [-0.25, -0.2) is 4.79 Å². The van der Waals surface area contributed by atoms with Gasteiger partial charge in [0, 0.05) is 36.7 Å². The van der Waals surface area contributed by atoms with Crippen LogP contribution in [0.1, 0.15) is 17.4 Å². The fourth-order valence-corrected chi connectivity index (χ4v) is 4.12. The van der Waals surface area contributed by atoms with E-state index in [0.29, 0.717) is 13.1 Å². The van der Waals surface area contributed by atoms with Gasteiger partial charge in [-0.2, -0.15) is 0 Å². The largest absolute Gasteiger partial charge is 0.379 e. The summed E-state index contributed by atoms with van der Waals surface area (Å²) in [5.74, 6) is 0. The molecule has 5 nitrogen and oxygen atoms in total. The van der Waals surface area contributed by atoms with E-state index in [1.807, 2.05) is 31.2 Å². The number of urea groups is 1. The number of morpholine rings is 1. The first-order chi connectivity index (χ1) is 13.1. The van der Waals surface area contributed by atoms with Crippen molar-refractivity contribution in [2.75, 3.05) is 44.7 Å². The van der Waals surface area contributed by atoms with Crippen LogP contribution < -0.4 is 5.32 Å². The minimum Gasteiger partial charge on any atom is -0.379 e. The lowest BCUT2D eigenvalue weighted by atomic mass is 10.1. The van der Waals surface area contributed by atoms with Gasteiger partial charge in [0.05, 0.1) is 24.1 Å². The Labute approximate surface area is 169 Å². The molecule has 0 unspecified atom stereocenters. The van der Waals surface area contributed by atoms with Crippen molar-refractivity contribution in [2.24, 2.45) is 0 Å². The van der Waals surface area contributed by atoms with Crippen molar-refractivity contribution in [3.8, 4) is 0 Å². The van der Waals surface area contributed by atoms with Crippen LogP contribution in [0, 0.1) is 0 Å². The molecule has 0 spiro atoms. The zero-order valence-electron chi connectivity index (χ0n) is 15.6. The summed E-state index contributed by atoms with van der Waals surface area (Å²) in [4.78, 5) is 17.8. The molecule has 0 bridgehead atoms. The summed E-state index contributed by atoms with van der Waals surface area (Å²) in [5, 5.41) is 2.98. The van der Waals surface area contributed by atoms with Crippen molar-refractivity contribution in [3.63, 3.8) is 0 Å². The van der Waals surface area contributed by atoms with Crippen molar-refractivity contribution in [1.29, 1.82) is 0 Å². The second kappa shape index (κ2) is 10.1. The van der Waals surface area contributed by atoms with Gasteiger partial charge in [-0.3, -0.25) is 4.90 Å². The number of carbonyl (C=O) groups is 1. The van der Waals surface area contributed by atoms with E-state index in [2.05, 4.69) is 22.3 Å². The average Bonchev–Trinajstić information content (AvgIpc) is 3.11. The number of benzene rings is 1. The molecule has 0 atom stereocenters. The molecule has 0 radical (unpaired) electrons. The molecule has 1 N–H and O–H groups in total. The number of ether oxygens (including phenoxy) is 1. The van der Waals surface area contributed by atoms with Gasteiger partial charge in [-0.1, -0.05) is 23.7 Å². The molecule has 1 aromatic heterocycles. The minimum absolute atomic E-state index is 0.0944. The molecular weight excluding hydrogens is 382 g/mol. The predicted octanol–water partition coefficient (Wildman–Crippen LogP) is 4.33. The normalized spacial score (nSPS) is 14.9. The molecular formula is C20H26ClN3O2S. The summed E-state index contributed by atoms with van der Waals surface area (Å²) in [7, 11) is 0. The first-order valence-electron chi connectivity index (χ1n) is 9.33. The number of hydrogen-bond acceptors (Lipinski definition) is 4. The lowest BCUT2D eigenvalue weighted by Gasteiger charge is -2.26. The zero-order chi connectivity index (χ0) is 19.1. The summed E-state index contributed by atoms with van der Waals surface area (Å²) in [6.07, 6.45) is 1.01. The maximum absolute atomic E-state index is 12.5. The Kier molecular flexibility index (Phi) is 7.52. The molecule has 0 saturated carbocycles. The summed E-state index contributed by atoms with van der Waals surface area (Å²) in [6, 6.07) is 11.9. The standard InChI is InChI=1S/C20H26ClN3O2S/c1-2-24(15-18-7-8-19(21)27-18)20(25)22-17-5-3-16(4-6-17)9-10-23-11-13-26-14-12-23/h3-8H,2,9-15H2,1H3,(H,22,25). The zero-order valence-corrected chi connectivity index (χ0v) is 17.2. The van der Waals surface area contributed by atoms with Gasteiger partial charge in [0.25, 0.3) is 0 Å². The van der Waals surface area contributed by atoms with Crippen LogP contribution in [0.5, 0.6) is 0 Å². The molecule has 2 aromatic rings. The van der Waals surface area contributed by atoms with Gasteiger partial charge in [0.2, 0.25) is 0 Å². The van der Waals surface area contributed by atoms with Crippen molar-refractivity contribution in [2.45, 2.75) is 19.9 Å². The fraction of sp³-hybridized carbons (Fsp3) is 0.450. The molecule has 1 aliphatic heterocycles. The van der Waals surface area contributed by atoms with Crippen LogP contribution in [-0.2, 0) is 17.7 Å². The quantitative estimate of drug-likeness (QED) is 0.742. The molecule has 2 heterocycles. The second-order valence-corrected chi connectivity index (χ2v) is 8.35. The SMILES string of the molecule is CCN(Cc1ccc(Cl)s1)C(=O)Nc1ccc(CCN2CCOCC2)cc1. The molecule has 1 aromatic carbocycles. The van der Waals surface area contributed by atoms with E-state index in [1.165, 1.54) is 16.9 Å². The molecule has 7 heteroatoms. The highest BCUT2D eigenvalue weighted by molar-refractivity contribution is 7.16. The molecule has 1 saturated heterocycles. The lowest BCUT2D eigenvalue weighted by Crippen LogP contribution is -2.37. The van der Waals surface area contributed by atoms with Gasteiger partial charge >= 0.3 is 6.03 Å². The highest BCUT2D eigenvalue weighted by Crippen LogP contribution is 2.23. The van der Waals surface area contributed by atoms with Gasteiger partial charge in [-0.05, 0) is 43.2 Å². The third-order valence-electron chi connectivity index (χ3n) is 4.67. The summed E-state index contributed by atoms with van der Waals surface area (Å²) in [6.45, 7) is 7.90. The summed E-state index contributed by atoms with van der Waals surface area (Å²) < 4.78 is 6.12. The molecule has 27 heavy (non-hydrogen) atoms. The van der Waals surface area contributed by atoms with Gasteiger partial charge < -0.3 is 15.0 Å². The van der Waals surface area contributed by atoms with Crippen molar-refractivity contribution >= 4 is 34.7 Å². The van der Waals surface area contributed by atoms with Crippen LogP contribution in [-0.4, -0.2) is 55.2 Å². The Hall–Kier alpha value is -1.60. The number of anilines is 1. The summed E-state index contributed by atoms with van der Waals surface area (Å²) in [5.41, 5.74) is 2.10. The third kappa shape index (κ3) is 6.21. The Morgan fingerprint density at radius 3 is 2.59 bits per heavy atom. The van der Waals surface area contributed by atoms with E-state index in [4.69, 9.17) is 16.3 Å². The number of amides is 2. The minimum atomic E-state index is -0.0944. The first kappa shape index (κ1) is 20.1. The van der Waals surface area contributed by atoms with Crippen LogP contribution in [0.25, 0.3) is 0 Å². The highest BCUT2D eigenvalue weighted by atomic mass is 35.5. The van der Waals surface area contributed by atoms with E-state index in [-0.39, 0.29) is 6.03 Å². The van der Waals surface area contributed by atoms with Crippen LogP contribution in [0.4, 0.5) is 10.5 Å². The smallest absolute Gasteiger partial charge is 0.322 e. The molecule has 2 amide bonds. The molecule has 1 fully saturated rings. The maximum atomic E-state index is 12.5.